The Bertz CT molecular complexity index is 276. The SMILES string of the molecule is Cc1cc(C)cc(N(C)N=O)c1. The van der Waals surface area contributed by atoms with Crippen LogP contribution in [0.4, 0.5) is 5.69 Å². The second kappa shape index (κ2) is 3.34. The average molecular weight is 164 g/mol. The van der Waals surface area contributed by atoms with Crippen molar-refractivity contribution in [3.05, 3.63) is 34.2 Å². The van der Waals surface area contributed by atoms with Crippen molar-refractivity contribution in [1.82, 2.24) is 0 Å². The first-order chi connectivity index (χ1) is 5.63. The van der Waals surface area contributed by atoms with Gasteiger partial charge in [-0.2, -0.15) is 0 Å². The van der Waals surface area contributed by atoms with Gasteiger partial charge in [0.2, 0.25) is 0 Å². The van der Waals surface area contributed by atoms with Gasteiger partial charge in [0.15, 0.2) is 0 Å². The molecule has 3 nitrogen and oxygen atoms in total. The maximum atomic E-state index is 10.2. The molecule has 0 heterocycles. The van der Waals surface area contributed by atoms with E-state index in [-0.39, 0.29) is 0 Å². The Morgan fingerprint density at radius 2 is 1.67 bits per heavy atom. The molecule has 0 atom stereocenters. The number of aryl methyl sites for hydroxylation is 2. The number of hydrogen-bond acceptors (Lipinski definition) is 2. The topological polar surface area (TPSA) is 32.7 Å². The van der Waals surface area contributed by atoms with E-state index in [1.165, 1.54) is 5.01 Å². The van der Waals surface area contributed by atoms with Crippen LogP contribution in [-0.4, -0.2) is 7.05 Å². The summed E-state index contributed by atoms with van der Waals surface area (Å²) in [5.74, 6) is 0. The molecular weight excluding hydrogens is 152 g/mol. The molecule has 3 heteroatoms. The van der Waals surface area contributed by atoms with E-state index < -0.39 is 0 Å². The molecule has 0 spiro atoms. The zero-order chi connectivity index (χ0) is 9.14. The molecule has 0 saturated heterocycles. The monoisotopic (exact) mass is 164 g/mol. The van der Waals surface area contributed by atoms with Gasteiger partial charge in [0, 0.05) is 7.05 Å². The Labute approximate surface area is 72.0 Å². The molecular formula is C9H12N2O. The van der Waals surface area contributed by atoms with Crippen LogP contribution in [0.3, 0.4) is 0 Å². The third kappa shape index (κ3) is 1.81. The number of nitroso groups, excluding NO2 is 1. The zero-order valence-corrected chi connectivity index (χ0v) is 7.53. The molecule has 0 fully saturated rings. The van der Waals surface area contributed by atoms with E-state index in [1.807, 2.05) is 26.0 Å². The van der Waals surface area contributed by atoms with Crippen LogP contribution in [0, 0.1) is 18.8 Å². The third-order valence-corrected chi connectivity index (χ3v) is 1.70. The molecule has 0 aliphatic heterocycles. The van der Waals surface area contributed by atoms with E-state index in [0.717, 1.165) is 16.8 Å². The van der Waals surface area contributed by atoms with Gasteiger partial charge in [-0.15, -0.1) is 4.91 Å². The van der Waals surface area contributed by atoms with E-state index in [0.29, 0.717) is 0 Å². The van der Waals surface area contributed by atoms with Crippen LogP contribution in [0.25, 0.3) is 0 Å². The number of hydrogen-bond donors (Lipinski definition) is 0. The van der Waals surface area contributed by atoms with Gasteiger partial charge < -0.3 is 0 Å². The van der Waals surface area contributed by atoms with Gasteiger partial charge in [0.1, 0.15) is 0 Å². The van der Waals surface area contributed by atoms with Crippen LogP contribution in [0.1, 0.15) is 11.1 Å². The molecule has 1 aromatic rings. The number of benzene rings is 1. The Balaban J connectivity index is 3.08. The van der Waals surface area contributed by atoms with Gasteiger partial charge in [0.25, 0.3) is 0 Å². The van der Waals surface area contributed by atoms with Crippen LogP contribution in [-0.2, 0) is 0 Å². The minimum atomic E-state index is 0.836. The number of rotatable bonds is 2. The molecule has 0 unspecified atom stereocenters. The molecule has 0 amide bonds. The van der Waals surface area contributed by atoms with Gasteiger partial charge in [-0.25, -0.2) is 5.01 Å². The average Bonchev–Trinajstić information content (AvgIpc) is 2.01. The predicted molar refractivity (Wildman–Crippen MR) is 50.1 cm³/mol. The lowest BCUT2D eigenvalue weighted by molar-refractivity contribution is 1.00. The summed E-state index contributed by atoms with van der Waals surface area (Å²) in [4.78, 5) is 10.2. The van der Waals surface area contributed by atoms with Gasteiger partial charge in [-0.05, 0) is 37.1 Å². The van der Waals surface area contributed by atoms with Crippen LogP contribution >= 0.6 is 0 Å². The van der Waals surface area contributed by atoms with Crippen molar-refractivity contribution in [2.75, 3.05) is 12.1 Å². The molecule has 0 aliphatic carbocycles. The maximum absolute atomic E-state index is 10.2. The number of anilines is 1. The molecule has 12 heavy (non-hydrogen) atoms. The quantitative estimate of drug-likeness (QED) is 0.496. The Morgan fingerprint density at radius 1 is 1.17 bits per heavy atom. The van der Waals surface area contributed by atoms with Crippen molar-refractivity contribution in [2.45, 2.75) is 13.8 Å². The summed E-state index contributed by atoms with van der Waals surface area (Å²) < 4.78 is 0. The summed E-state index contributed by atoms with van der Waals surface area (Å²) in [5.41, 5.74) is 3.11. The van der Waals surface area contributed by atoms with Gasteiger partial charge >= 0.3 is 0 Å². The van der Waals surface area contributed by atoms with E-state index in [9.17, 15) is 4.91 Å². The lowest BCUT2D eigenvalue weighted by atomic mass is 10.1. The zero-order valence-electron chi connectivity index (χ0n) is 7.53. The molecule has 0 radical (unpaired) electrons. The van der Waals surface area contributed by atoms with Crippen molar-refractivity contribution in [3.63, 3.8) is 0 Å². The second-order valence-corrected chi connectivity index (χ2v) is 2.95. The van der Waals surface area contributed by atoms with E-state index in [4.69, 9.17) is 0 Å². The largest absolute Gasteiger partial charge is 0.232 e. The van der Waals surface area contributed by atoms with Gasteiger partial charge in [-0.3, -0.25) is 0 Å². The van der Waals surface area contributed by atoms with Crippen molar-refractivity contribution < 1.29 is 0 Å². The summed E-state index contributed by atoms with van der Waals surface area (Å²) in [6.07, 6.45) is 0. The lowest BCUT2D eigenvalue weighted by Crippen LogP contribution is -2.06. The Hall–Kier alpha value is -1.38. The normalized spacial score (nSPS) is 9.58. The number of nitrogens with zero attached hydrogens (tertiary/aromatic N) is 2. The molecule has 0 aliphatic rings. The molecule has 1 aromatic carbocycles. The highest BCUT2D eigenvalue weighted by Gasteiger charge is 2.00. The van der Waals surface area contributed by atoms with Crippen LogP contribution in [0.2, 0.25) is 0 Å². The summed E-state index contributed by atoms with van der Waals surface area (Å²) in [7, 11) is 1.64. The van der Waals surface area contributed by atoms with Crippen molar-refractivity contribution in [1.29, 1.82) is 0 Å². The van der Waals surface area contributed by atoms with Crippen molar-refractivity contribution in [3.8, 4) is 0 Å². The van der Waals surface area contributed by atoms with Crippen LogP contribution in [0.5, 0.6) is 0 Å². The fraction of sp³-hybridized carbons (Fsp3) is 0.333. The second-order valence-electron chi connectivity index (χ2n) is 2.95. The Kier molecular flexibility index (Phi) is 2.43. The van der Waals surface area contributed by atoms with Crippen LogP contribution < -0.4 is 5.01 Å². The van der Waals surface area contributed by atoms with Crippen molar-refractivity contribution >= 4 is 5.69 Å². The summed E-state index contributed by atoms with van der Waals surface area (Å²) >= 11 is 0. The first-order valence-electron chi connectivity index (χ1n) is 3.79. The highest BCUT2D eigenvalue weighted by molar-refractivity contribution is 5.49. The molecule has 0 N–H and O–H groups in total. The molecule has 0 bridgehead atoms. The molecule has 0 saturated carbocycles. The summed E-state index contributed by atoms with van der Waals surface area (Å²) in [6, 6.07) is 5.91. The highest BCUT2D eigenvalue weighted by Crippen LogP contribution is 2.17. The lowest BCUT2D eigenvalue weighted by Gasteiger charge is -2.09. The Morgan fingerprint density at radius 3 is 2.08 bits per heavy atom. The first-order valence-corrected chi connectivity index (χ1v) is 3.79. The van der Waals surface area contributed by atoms with Crippen molar-refractivity contribution in [2.24, 2.45) is 5.29 Å². The van der Waals surface area contributed by atoms with E-state index in [2.05, 4.69) is 11.4 Å². The first kappa shape index (κ1) is 8.71. The fourth-order valence-electron chi connectivity index (χ4n) is 1.18. The maximum Gasteiger partial charge on any atom is 0.0628 e. The van der Waals surface area contributed by atoms with E-state index in [1.54, 1.807) is 7.05 Å². The molecule has 0 aromatic heterocycles. The highest BCUT2D eigenvalue weighted by atomic mass is 16.3. The summed E-state index contributed by atoms with van der Waals surface area (Å²) in [6.45, 7) is 3.99. The van der Waals surface area contributed by atoms with E-state index >= 15 is 0 Å². The molecule has 1 rings (SSSR count). The molecule has 64 valence electrons. The standard InChI is InChI=1S/C9H12N2O/c1-7-4-8(2)6-9(5-7)11(3)10-12/h4-6H,1-3H3. The van der Waals surface area contributed by atoms with Crippen LogP contribution in [0.15, 0.2) is 23.5 Å². The third-order valence-electron chi connectivity index (χ3n) is 1.70. The van der Waals surface area contributed by atoms with Gasteiger partial charge in [-0.1, -0.05) is 6.07 Å². The minimum Gasteiger partial charge on any atom is -0.232 e. The smallest absolute Gasteiger partial charge is 0.0628 e. The predicted octanol–water partition coefficient (Wildman–Crippen LogP) is 2.42. The minimum absolute atomic E-state index is 0.836. The fourth-order valence-corrected chi connectivity index (χ4v) is 1.18. The summed E-state index contributed by atoms with van der Waals surface area (Å²) in [5, 5.41) is 4.14. The van der Waals surface area contributed by atoms with Gasteiger partial charge in [0.05, 0.1) is 11.0 Å².